The third kappa shape index (κ3) is 20.3. The zero-order valence-electron chi connectivity index (χ0n) is 38.1. The third-order valence-electron chi connectivity index (χ3n) is 10.4. The first-order valence-electron chi connectivity index (χ1n) is 21.6. The molecule has 8 amide bonds. The normalized spacial score (nSPS) is 16.7. The molecule has 0 aromatic carbocycles. The van der Waals surface area contributed by atoms with Crippen molar-refractivity contribution in [2.24, 2.45) is 22.2 Å². The van der Waals surface area contributed by atoms with Gasteiger partial charge in [-0.15, -0.1) is 0 Å². The number of H-pyrrole nitrogens is 1. The number of amides is 8. The van der Waals surface area contributed by atoms with E-state index in [-0.39, 0.29) is 62.7 Å². The van der Waals surface area contributed by atoms with Crippen LogP contribution in [0.4, 0.5) is 0 Å². The van der Waals surface area contributed by atoms with Crippen LogP contribution in [0.3, 0.4) is 0 Å². The molecule has 1 aromatic heterocycles. The molecule has 17 N–H and O–H groups in total. The van der Waals surface area contributed by atoms with Crippen LogP contribution < -0.4 is 54.4 Å². The van der Waals surface area contributed by atoms with Crippen LogP contribution in [0.25, 0.3) is 0 Å². The number of likely N-dealkylation sites (tertiary alicyclic amines) is 1. The lowest BCUT2D eigenvalue weighted by atomic mass is 10.1. The van der Waals surface area contributed by atoms with Gasteiger partial charge in [-0.1, -0.05) is 0 Å². The van der Waals surface area contributed by atoms with Crippen molar-refractivity contribution in [1.82, 2.24) is 52.1 Å². The van der Waals surface area contributed by atoms with E-state index in [1.165, 1.54) is 36.1 Å². The van der Waals surface area contributed by atoms with Crippen molar-refractivity contribution in [2.75, 3.05) is 43.2 Å². The smallest absolute Gasteiger partial charge is 0.327 e. The molecule has 0 unspecified atom stereocenters. The van der Waals surface area contributed by atoms with Gasteiger partial charge in [0.1, 0.15) is 48.3 Å². The number of nitrogens with one attached hydrogen (secondary N) is 8. The van der Waals surface area contributed by atoms with Gasteiger partial charge in [0.2, 0.25) is 47.3 Å². The van der Waals surface area contributed by atoms with Gasteiger partial charge in [0.15, 0.2) is 5.96 Å². The number of aliphatic hydroxyl groups is 1. The number of aromatic amines is 1. The van der Waals surface area contributed by atoms with Crippen LogP contribution in [-0.2, 0) is 54.4 Å². The SMILES string of the molecule is CSCC[C@H](NC(=O)[C@H](CO)NC(=O)[C@H](CCC(=O)O)NC(=O)[C@@H](N)CS)C(=O)N[C@@H](C)C(=O)N[C@@H](CCCN=C(N)N)C(=O)N1CCC[C@H]1C(=O)N[C@@H](Cc1cnc[nH]1)C(=O)N[C@@H](CS)C(=O)O. The van der Waals surface area contributed by atoms with E-state index in [1.54, 1.807) is 6.26 Å². The second kappa shape index (κ2) is 30.6. The van der Waals surface area contributed by atoms with Crippen molar-refractivity contribution in [2.45, 2.75) is 113 Å². The number of thioether (sulfide) groups is 1. The van der Waals surface area contributed by atoms with Crippen molar-refractivity contribution >= 4 is 102 Å². The van der Waals surface area contributed by atoms with E-state index in [0.717, 1.165) is 0 Å². The molecule has 0 saturated carbocycles. The van der Waals surface area contributed by atoms with Crippen molar-refractivity contribution < 1.29 is 63.3 Å². The van der Waals surface area contributed by atoms with Crippen LogP contribution in [0.5, 0.6) is 0 Å². The highest BCUT2D eigenvalue weighted by Crippen LogP contribution is 2.21. The molecule has 1 aromatic rings. The van der Waals surface area contributed by atoms with E-state index in [9.17, 15) is 58.2 Å². The fraction of sp³-hybridized carbons (Fsp3) is 0.641. The van der Waals surface area contributed by atoms with Crippen molar-refractivity contribution in [3.8, 4) is 0 Å². The number of nitrogens with two attached hydrogens (primary N) is 3. The van der Waals surface area contributed by atoms with Gasteiger partial charge in [0, 0.05) is 49.3 Å². The highest BCUT2D eigenvalue weighted by Gasteiger charge is 2.40. The number of carbonyl (C=O) groups excluding carboxylic acids is 8. The molecule has 1 saturated heterocycles. The summed E-state index contributed by atoms with van der Waals surface area (Å²) in [6.07, 6.45) is 4.09. The Labute approximate surface area is 412 Å². The second-order valence-corrected chi connectivity index (χ2v) is 17.4. The van der Waals surface area contributed by atoms with Gasteiger partial charge in [-0.3, -0.25) is 48.1 Å². The number of rotatable bonds is 31. The predicted octanol–water partition coefficient (Wildman–Crippen LogP) is -5.71. The molecule has 0 radical (unpaired) electrons. The molecule has 9 atom stereocenters. The fourth-order valence-corrected chi connectivity index (χ4v) is 7.52. The Morgan fingerprint density at radius 2 is 1.41 bits per heavy atom. The summed E-state index contributed by atoms with van der Waals surface area (Å²) in [5.74, 6) is -9.72. The van der Waals surface area contributed by atoms with Gasteiger partial charge in [-0.25, -0.2) is 9.78 Å². The summed E-state index contributed by atoms with van der Waals surface area (Å²) in [6.45, 7) is 0.463. The summed E-state index contributed by atoms with van der Waals surface area (Å²) < 4.78 is 0. The Balaban J connectivity index is 2.27. The number of nitrogens with zero attached hydrogens (tertiary/aromatic N) is 3. The first-order valence-corrected chi connectivity index (χ1v) is 24.3. The summed E-state index contributed by atoms with van der Waals surface area (Å²) in [5.41, 5.74) is 17.0. The topological polar surface area (TPSA) is 438 Å². The van der Waals surface area contributed by atoms with E-state index < -0.39 is 133 Å². The highest BCUT2D eigenvalue weighted by atomic mass is 32.2. The summed E-state index contributed by atoms with van der Waals surface area (Å²) >= 11 is 9.23. The maximum Gasteiger partial charge on any atom is 0.327 e. The number of aromatic nitrogens is 2. The summed E-state index contributed by atoms with van der Waals surface area (Å²) in [5, 5.41) is 45.8. The molecule has 2 rings (SSSR count). The molecule has 0 bridgehead atoms. The Morgan fingerprint density at radius 1 is 0.812 bits per heavy atom. The zero-order valence-corrected chi connectivity index (χ0v) is 40.7. The number of carboxylic acid groups (broad SMARTS) is 2. The van der Waals surface area contributed by atoms with Crippen LogP contribution in [0.1, 0.15) is 57.6 Å². The minimum Gasteiger partial charge on any atom is -0.481 e. The predicted molar refractivity (Wildman–Crippen MR) is 256 cm³/mol. The first kappa shape index (κ1) is 59.3. The van der Waals surface area contributed by atoms with Gasteiger partial charge in [0.05, 0.1) is 19.0 Å². The quantitative estimate of drug-likeness (QED) is 0.0143. The molecule has 1 aliphatic heterocycles. The van der Waals surface area contributed by atoms with Crippen LogP contribution in [-0.4, -0.2) is 193 Å². The molecule has 386 valence electrons. The molecular formula is C39H64N14O13S3. The third-order valence-corrected chi connectivity index (χ3v) is 11.8. The van der Waals surface area contributed by atoms with Crippen LogP contribution in [0.2, 0.25) is 0 Å². The number of hydrogen-bond donors (Lipinski definition) is 16. The highest BCUT2D eigenvalue weighted by molar-refractivity contribution is 7.98. The molecule has 0 aliphatic carbocycles. The van der Waals surface area contributed by atoms with Gasteiger partial charge in [-0.2, -0.15) is 37.0 Å². The monoisotopic (exact) mass is 1030 g/mol. The molecule has 2 heterocycles. The number of hydrogen-bond acceptors (Lipinski definition) is 17. The Kier molecular flexibility index (Phi) is 26.3. The van der Waals surface area contributed by atoms with Crippen LogP contribution in [0.15, 0.2) is 17.5 Å². The number of imidazole rings is 1. The molecular weight excluding hydrogens is 969 g/mol. The summed E-state index contributed by atoms with van der Waals surface area (Å²) in [7, 11) is 0. The fourth-order valence-electron chi connectivity index (χ4n) is 6.63. The van der Waals surface area contributed by atoms with E-state index >= 15 is 0 Å². The van der Waals surface area contributed by atoms with Gasteiger partial charge < -0.3 is 79.6 Å². The number of aliphatic imine (C=N–C) groups is 1. The lowest BCUT2D eigenvalue weighted by Crippen LogP contribution is -2.60. The lowest BCUT2D eigenvalue weighted by Gasteiger charge is -2.30. The maximum absolute atomic E-state index is 14.3. The number of thiol groups is 2. The number of aliphatic carboxylic acids is 2. The van der Waals surface area contributed by atoms with Crippen molar-refractivity contribution in [1.29, 1.82) is 0 Å². The molecule has 27 nitrogen and oxygen atoms in total. The van der Waals surface area contributed by atoms with Crippen LogP contribution in [0, 0.1) is 0 Å². The second-order valence-electron chi connectivity index (χ2n) is 15.7. The summed E-state index contributed by atoms with van der Waals surface area (Å²) in [4.78, 5) is 143. The van der Waals surface area contributed by atoms with E-state index in [0.29, 0.717) is 17.9 Å². The number of guanidine groups is 1. The Morgan fingerprint density at radius 3 is 1.99 bits per heavy atom. The maximum atomic E-state index is 14.3. The minimum atomic E-state index is -1.69. The average Bonchev–Trinajstić information content (AvgIpc) is 4.03. The minimum absolute atomic E-state index is 0.00212. The van der Waals surface area contributed by atoms with Crippen LogP contribution >= 0.6 is 37.0 Å². The van der Waals surface area contributed by atoms with Gasteiger partial charge in [-0.05, 0) is 57.5 Å². The summed E-state index contributed by atoms with van der Waals surface area (Å²) in [6, 6.07) is -12.1. The van der Waals surface area contributed by atoms with Gasteiger partial charge in [0.25, 0.3) is 0 Å². The Bertz CT molecular complexity index is 1960. The van der Waals surface area contributed by atoms with Crippen molar-refractivity contribution in [3.05, 3.63) is 18.2 Å². The lowest BCUT2D eigenvalue weighted by molar-refractivity contribution is -0.143. The Hall–Kier alpha value is -5.85. The largest absolute Gasteiger partial charge is 0.481 e. The van der Waals surface area contributed by atoms with E-state index in [4.69, 9.17) is 22.3 Å². The zero-order chi connectivity index (χ0) is 51.8. The first-order chi connectivity index (χ1) is 32.7. The van der Waals surface area contributed by atoms with E-state index in [2.05, 4.69) is 77.4 Å². The molecule has 30 heteroatoms. The van der Waals surface area contributed by atoms with Gasteiger partial charge >= 0.3 is 11.9 Å². The standard InChI is InChI=1S/C39H64N14O13S3/c1-19(46-32(59)23(9-12-69-2)48-35(62)26(15-54)51-33(60)22(7-8-29(55)56)47-31(58)21(40)16-67)30(57)49-24(5-3-10-44-39(41)42)37(64)53-11-4-6-28(53)36(63)50-25(13-20-14-43-18-45-20)34(61)52-27(17-68)38(65)66/h14,18-19,21-28,54,67-68H,3-13,15-17,40H2,1-2H3,(H,43,45)(H,46,59)(H,47,58)(H,48,62)(H,49,57)(H,50,63)(H,51,60)(H,52,61)(H,55,56)(H,65,66)(H4,41,42,44)/t19-,21-,22-,23-,24-,25-,26-,27-,28-/m0/s1. The molecule has 69 heavy (non-hydrogen) atoms. The molecule has 0 spiro atoms. The van der Waals surface area contributed by atoms with E-state index in [1.807, 2.05) is 0 Å². The van der Waals surface area contributed by atoms with Crippen molar-refractivity contribution in [3.63, 3.8) is 0 Å². The number of carbonyl (C=O) groups is 10. The number of carboxylic acids is 2. The number of aliphatic hydroxyl groups excluding tert-OH is 1. The molecule has 1 fully saturated rings. The molecule has 1 aliphatic rings. The average molecular weight is 1030 g/mol.